The van der Waals surface area contributed by atoms with Crippen LogP contribution in [-0.2, 0) is 0 Å². The maximum atomic E-state index is 10.6. The maximum absolute atomic E-state index is 10.6. The first-order valence-electron chi connectivity index (χ1n) is 6.58. The van der Waals surface area contributed by atoms with Gasteiger partial charge in [-0.25, -0.2) is 0 Å². The lowest BCUT2D eigenvalue weighted by Gasteiger charge is -2.15. The highest BCUT2D eigenvalue weighted by atomic mass is 79.9. The van der Waals surface area contributed by atoms with Gasteiger partial charge in [0.15, 0.2) is 11.5 Å². The number of methoxy groups -OCH3 is 1. The van der Waals surface area contributed by atoms with Crippen molar-refractivity contribution in [2.45, 2.75) is 12.5 Å². The van der Waals surface area contributed by atoms with Gasteiger partial charge in [0.25, 0.3) is 0 Å². The molecular weight excluding hydrogens is 356 g/mol. The van der Waals surface area contributed by atoms with Crippen molar-refractivity contribution in [1.82, 2.24) is 0 Å². The van der Waals surface area contributed by atoms with Crippen molar-refractivity contribution in [3.63, 3.8) is 0 Å². The number of benzene rings is 1. The summed E-state index contributed by atoms with van der Waals surface area (Å²) in [4.78, 5) is 0.821. The summed E-state index contributed by atoms with van der Waals surface area (Å²) in [7, 11) is 1.61. The lowest BCUT2D eigenvalue weighted by molar-refractivity contribution is 0.222. The van der Waals surface area contributed by atoms with Gasteiger partial charge in [-0.15, -0.1) is 11.3 Å². The van der Waals surface area contributed by atoms with E-state index in [0.717, 1.165) is 27.1 Å². The van der Waals surface area contributed by atoms with Crippen molar-refractivity contribution in [3.05, 3.63) is 38.5 Å². The Kier molecular flexibility index (Phi) is 4.37. The number of rotatable bonds is 3. The first-order valence-corrected chi connectivity index (χ1v) is 8.26. The summed E-state index contributed by atoms with van der Waals surface area (Å²) in [5.41, 5.74) is 0.753. The van der Waals surface area contributed by atoms with Gasteiger partial charge in [0, 0.05) is 26.7 Å². The number of aliphatic hydroxyl groups is 1. The van der Waals surface area contributed by atoms with Crippen LogP contribution in [0.2, 0.25) is 0 Å². The zero-order valence-corrected chi connectivity index (χ0v) is 13.9. The van der Waals surface area contributed by atoms with Crippen LogP contribution < -0.4 is 14.2 Å². The molecular formula is C15H15BrO4S. The largest absolute Gasteiger partial charge is 0.496 e. The SMILES string of the molecule is COc1csc(C(O)c2cc3c(cc2Br)OCCCO3)c1. The van der Waals surface area contributed by atoms with Crippen LogP contribution in [0.3, 0.4) is 0 Å². The minimum atomic E-state index is -0.731. The second kappa shape index (κ2) is 6.25. The lowest BCUT2D eigenvalue weighted by Crippen LogP contribution is -2.01. The Labute approximate surface area is 135 Å². The van der Waals surface area contributed by atoms with Crippen LogP contribution in [-0.4, -0.2) is 25.4 Å². The zero-order chi connectivity index (χ0) is 14.8. The summed E-state index contributed by atoms with van der Waals surface area (Å²) in [6, 6.07) is 5.52. The van der Waals surface area contributed by atoms with E-state index in [1.54, 1.807) is 7.11 Å². The third-order valence-corrected chi connectivity index (χ3v) is 4.91. The smallest absolute Gasteiger partial charge is 0.162 e. The molecule has 1 unspecified atom stereocenters. The predicted molar refractivity (Wildman–Crippen MR) is 84.7 cm³/mol. The standard InChI is InChI=1S/C15H15BrO4S/c1-18-9-5-14(21-8-9)15(17)10-6-12-13(7-11(10)16)20-4-2-3-19-12/h5-8,15,17H,2-4H2,1H3. The predicted octanol–water partition coefficient (Wildman–Crippen LogP) is 3.76. The van der Waals surface area contributed by atoms with Gasteiger partial charge in [0.2, 0.25) is 0 Å². The Morgan fingerprint density at radius 1 is 1.24 bits per heavy atom. The Morgan fingerprint density at radius 2 is 1.95 bits per heavy atom. The number of thiophene rings is 1. The highest BCUT2D eigenvalue weighted by Gasteiger charge is 2.21. The molecule has 1 aromatic carbocycles. The molecule has 1 aliphatic rings. The lowest BCUT2D eigenvalue weighted by atomic mass is 10.1. The average molecular weight is 371 g/mol. The molecule has 0 fully saturated rings. The topological polar surface area (TPSA) is 47.9 Å². The van der Waals surface area contributed by atoms with E-state index in [-0.39, 0.29) is 0 Å². The van der Waals surface area contributed by atoms with Gasteiger partial charge in [0.1, 0.15) is 11.9 Å². The van der Waals surface area contributed by atoms with Crippen LogP contribution >= 0.6 is 27.3 Å². The number of ether oxygens (including phenoxy) is 3. The van der Waals surface area contributed by atoms with Gasteiger partial charge in [-0.05, 0) is 18.2 Å². The minimum Gasteiger partial charge on any atom is -0.496 e. The maximum Gasteiger partial charge on any atom is 0.162 e. The van der Waals surface area contributed by atoms with Crippen LogP contribution in [0.4, 0.5) is 0 Å². The monoisotopic (exact) mass is 370 g/mol. The Morgan fingerprint density at radius 3 is 2.62 bits per heavy atom. The van der Waals surface area contributed by atoms with E-state index in [1.165, 1.54) is 11.3 Å². The quantitative estimate of drug-likeness (QED) is 0.893. The molecule has 0 saturated heterocycles. The van der Waals surface area contributed by atoms with Crippen molar-refractivity contribution in [2.75, 3.05) is 20.3 Å². The molecule has 0 amide bonds. The van der Waals surface area contributed by atoms with E-state index >= 15 is 0 Å². The second-order valence-corrected chi connectivity index (χ2v) is 6.46. The third-order valence-electron chi connectivity index (χ3n) is 3.26. The molecule has 1 aliphatic heterocycles. The van der Waals surface area contributed by atoms with E-state index in [9.17, 15) is 5.11 Å². The van der Waals surface area contributed by atoms with Gasteiger partial charge in [-0.3, -0.25) is 0 Å². The summed E-state index contributed by atoms with van der Waals surface area (Å²) in [5.74, 6) is 2.13. The van der Waals surface area contributed by atoms with Crippen LogP contribution in [0.1, 0.15) is 23.0 Å². The number of hydrogen-bond acceptors (Lipinski definition) is 5. The fourth-order valence-corrected chi connectivity index (χ4v) is 3.54. The molecule has 21 heavy (non-hydrogen) atoms. The molecule has 112 valence electrons. The molecule has 1 N–H and O–H groups in total. The summed E-state index contributed by atoms with van der Waals surface area (Å²) < 4.78 is 17.3. The summed E-state index contributed by atoms with van der Waals surface area (Å²) >= 11 is 4.96. The van der Waals surface area contributed by atoms with Crippen LogP contribution in [0.5, 0.6) is 17.2 Å². The number of halogens is 1. The highest BCUT2D eigenvalue weighted by Crippen LogP contribution is 2.40. The molecule has 1 atom stereocenters. The molecule has 0 bridgehead atoms. The first kappa shape index (κ1) is 14.7. The molecule has 0 spiro atoms. The van der Waals surface area contributed by atoms with Crippen LogP contribution in [0, 0.1) is 0 Å². The van der Waals surface area contributed by atoms with E-state index < -0.39 is 6.10 Å². The van der Waals surface area contributed by atoms with Gasteiger partial charge >= 0.3 is 0 Å². The fraction of sp³-hybridized carbons (Fsp3) is 0.333. The normalized spacial score (nSPS) is 15.4. The van der Waals surface area contributed by atoms with Gasteiger partial charge in [-0.1, -0.05) is 15.9 Å². The van der Waals surface area contributed by atoms with Crippen LogP contribution in [0.15, 0.2) is 28.1 Å². The number of fused-ring (bicyclic) bond motifs is 1. The first-order chi connectivity index (χ1) is 10.2. The van der Waals surface area contributed by atoms with Gasteiger partial charge in [-0.2, -0.15) is 0 Å². The summed E-state index contributed by atoms with van der Waals surface area (Å²) in [6.45, 7) is 1.26. The summed E-state index contributed by atoms with van der Waals surface area (Å²) in [5, 5.41) is 12.5. The van der Waals surface area contributed by atoms with Crippen molar-refractivity contribution in [1.29, 1.82) is 0 Å². The highest BCUT2D eigenvalue weighted by molar-refractivity contribution is 9.10. The zero-order valence-electron chi connectivity index (χ0n) is 11.5. The number of aliphatic hydroxyl groups excluding tert-OH is 1. The van der Waals surface area contributed by atoms with E-state index in [4.69, 9.17) is 14.2 Å². The third kappa shape index (κ3) is 3.02. The Hall–Kier alpha value is -1.24. The second-order valence-electron chi connectivity index (χ2n) is 4.66. The number of hydrogen-bond donors (Lipinski definition) is 1. The molecule has 3 rings (SSSR count). The van der Waals surface area contributed by atoms with Crippen molar-refractivity contribution in [3.8, 4) is 17.2 Å². The molecule has 1 aromatic heterocycles. The van der Waals surface area contributed by atoms with E-state index in [1.807, 2.05) is 23.6 Å². The Bertz CT molecular complexity index is 641. The van der Waals surface area contributed by atoms with Crippen molar-refractivity contribution < 1.29 is 19.3 Å². The average Bonchev–Trinajstić information content (AvgIpc) is 2.86. The van der Waals surface area contributed by atoms with Gasteiger partial charge in [0.05, 0.1) is 20.3 Å². The van der Waals surface area contributed by atoms with Gasteiger partial charge < -0.3 is 19.3 Å². The summed E-state index contributed by atoms with van der Waals surface area (Å²) in [6.07, 6.45) is 0.122. The molecule has 2 aromatic rings. The fourth-order valence-electron chi connectivity index (χ4n) is 2.15. The Balaban J connectivity index is 1.95. The van der Waals surface area contributed by atoms with Crippen molar-refractivity contribution in [2.24, 2.45) is 0 Å². The molecule has 4 nitrogen and oxygen atoms in total. The molecule has 6 heteroatoms. The van der Waals surface area contributed by atoms with Crippen molar-refractivity contribution >= 4 is 27.3 Å². The minimum absolute atomic E-state index is 0.622. The molecule has 2 heterocycles. The van der Waals surface area contributed by atoms with E-state index in [2.05, 4.69) is 15.9 Å². The molecule has 0 saturated carbocycles. The van der Waals surface area contributed by atoms with E-state index in [0.29, 0.717) is 24.7 Å². The molecule has 0 aliphatic carbocycles. The van der Waals surface area contributed by atoms with Crippen LogP contribution in [0.25, 0.3) is 0 Å². The molecule has 0 radical (unpaired) electrons.